The van der Waals surface area contributed by atoms with Crippen LogP contribution in [0.15, 0.2) is 33.4 Å². The summed E-state index contributed by atoms with van der Waals surface area (Å²) in [5.41, 5.74) is 0.658. The van der Waals surface area contributed by atoms with Gasteiger partial charge in [-0.25, -0.2) is 9.37 Å². The Morgan fingerprint density at radius 1 is 1.47 bits per heavy atom. The molecule has 0 amide bonds. The third kappa shape index (κ3) is 2.08. The number of hydrogen-bond acceptors (Lipinski definition) is 3. The van der Waals surface area contributed by atoms with E-state index in [0.29, 0.717) is 10.2 Å². The summed E-state index contributed by atoms with van der Waals surface area (Å²) in [6.45, 7) is -0.221. The van der Waals surface area contributed by atoms with Crippen LogP contribution in [0.25, 0.3) is 11.5 Å². The fraction of sp³-hybridized carbons (Fsp3) is 0.100. The number of hydrogen-bond donors (Lipinski definition) is 1. The van der Waals surface area contributed by atoms with Gasteiger partial charge in [-0.3, -0.25) is 0 Å². The van der Waals surface area contributed by atoms with Crippen LogP contribution in [0.3, 0.4) is 0 Å². The predicted octanol–water partition coefficient (Wildman–Crippen LogP) is 2.74. The molecule has 0 spiro atoms. The van der Waals surface area contributed by atoms with Crippen LogP contribution in [0.4, 0.5) is 4.39 Å². The maximum Gasteiger partial charge on any atom is 0.229 e. The third-order valence-corrected chi connectivity index (χ3v) is 2.37. The molecule has 1 heterocycles. The van der Waals surface area contributed by atoms with E-state index in [1.807, 2.05) is 0 Å². The first-order valence-electron chi connectivity index (χ1n) is 4.21. The lowest BCUT2D eigenvalue weighted by Crippen LogP contribution is -1.86. The van der Waals surface area contributed by atoms with Gasteiger partial charge in [0.15, 0.2) is 0 Å². The topological polar surface area (TPSA) is 46.3 Å². The van der Waals surface area contributed by atoms with Gasteiger partial charge in [0.2, 0.25) is 5.89 Å². The highest BCUT2D eigenvalue weighted by Crippen LogP contribution is 2.24. The van der Waals surface area contributed by atoms with E-state index in [4.69, 9.17) is 9.52 Å². The lowest BCUT2D eigenvalue weighted by Gasteiger charge is -1.97. The Morgan fingerprint density at radius 3 is 2.87 bits per heavy atom. The quantitative estimate of drug-likeness (QED) is 0.914. The van der Waals surface area contributed by atoms with E-state index in [9.17, 15) is 4.39 Å². The minimum atomic E-state index is -0.421. The molecule has 0 aliphatic rings. The Balaban J connectivity index is 2.44. The maximum atomic E-state index is 13.5. The SMILES string of the molecule is OCc1coc(-c2ccc(Br)cc2F)n1. The predicted molar refractivity (Wildman–Crippen MR) is 55.5 cm³/mol. The highest BCUT2D eigenvalue weighted by atomic mass is 79.9. The molecule has 2 rings (SSSR count). The number of benzene rings is 1. The molecule has 0 bridgehead atoms. The molecule has 1 N–H and O–H groups in total. The number of rotatable bonds is 2. The van der Waals surface area contributed by atoms with Crippen LogP contribution in [0.1, 0.15) is 5.69 Å². The molecule has 5 heteroatoms. The molecule has 0 unspecified atom stereocenters. The van der Waals surface area contributed by atoms with E-state index in [-0.39, 0.29) is 18.1 Å². The highest BCUT2D eigenvalue weighted by Gasteiger charge is 2.11. The van der Waals surface area contributed by atoms with Crippen LogP contribution in [-0.2, 0) is 6.61 Å². The summed E-state index contributed by atoms with van der Waals surface area (Å²) in [6.07, 6.45) is 1.30. The average Bonchev–Trinajstić information content (AvgIpc) is 2.66. The zero-order chi connectivity index (χ0) is 10.8. The summed E-state index contributed by atoms with van der Waals surface area (Å²) in [7, 11) is 0. The van der Waals surface area contributed by atoms with E-state index < -0.39 is 5.82 Å². The van der Waals surface area contributed by atoms with Crippen molar-refractivity contribution >= 4 is 15.9 Å². The van der Waals surface area contributed by atoms with Crippen molar-refractivity contribution in [3.05, 3.63) is 40.4 Å². The zero-order valence-corrected chi connectivity index (χ0v) is 9.16. The maximum absolute atomic E-state index is 13.5. The lowest BCUT2D eigenvalue weighted by atomic mass is 10.2. The second kappa shape index (κ2) is 4.12. The van der Waals surface area contributed by atoms with Crippen molar-refractivity contribution in [3.8, 4) is 11.5 Å². The first-order chi connectivity index (χ1) is 7.20. The van der Waals surface area contributed by atoms with Gasteiger partial charge in [0, 0.05) is 4.47 Å². The second-order valence-corrected chi connectivity index (χ2v) is 3.84. The Kier molecular flexibility index (Phi) is 2.83. The summed E-state index contributed by atoms with van der Waals surface area (Å²) >= 11 is 3.16. The summed E-state index contributed by atoms with van der Waals surface area (Å²) in [4.78, 5) is 3.92. The molecule has 0 aliphatic heterocycles. The number of aromatic nitrogens is 1. The van der Waals surface area contributed by atoms with Crippen LogP contribution in [0.2, 0.25) is 0 Å². The van der Waals surface area contributed by atoms with Crippen LogP contribution in [0, 0.1) is 5.82 Å². The van der Waals surface area contributed by atoms with E-state index in [0.717, 1.165) is 0 Å². The largest absolute Gasteiger partial charge is 0.444 e. The van der Waals surface area contributed by atoms with Crippen molar-refractivity contribution in [3.63, 3.8) is 0 Å². The summed E-state index contributed by atoms with van der Waals surface area (Å²) in [6, 6.07) is 4.59. The molecule has 0 saturated carbocycles. The van der Waals surface area contributed by atoms with E-state index >= 15 is 0 Å². The average molecular weight is 272 g/mol. The number of aliphatic hydroxyl groups is 1. The first-order valence-corrected chi connectivity index (χ1v) is 5.00. The monoisotopic (exact) mass is 271 g/mol. The molecule has 1 aromatic carbocycles. The van der Waals surface area contributed by atoms with Crippen molar-refractivity contribution in [1.82, 2.24) is 4.98 Å². The third-order valence-electron chi connectivity index (χ3n) is 1.88. The Labute approximate surface area is 93.7 Å². The van der Waals surface area contributed by atoms with Gasteiger partial charge < -0.3 is 9.52 Å². The van der Waals surface area contributed by atoms with Gasteiger partial charge >= 0.3 is 0 Å². The van der Waals surface area contributed by atoms with Gasteiger partial charge in [0.25, 0.3) is 0 Å². The van der Waals surface area contributed by atoms with Gasteiger partial charge in [-0.15, -0.1) is 0 Å². The molecule has 0 atom stereocenters. The van der Waals surface area contributed by atoms with Gasteiger partial charge in [0.05, 0.1) is 12.2 Å². The molecule has 0 radical (unpaired) electrons. The van der Waals surface area contributed by atoms with Crippen molar-refractivity contribution in [2.75, 3.05) is 0 Å². The molecular weight excluding hydrogens is 265 g/mol. The minimum absolute atomic E-state index is 0.170. The first kappa shape index (κ1) is 10.3. The number of oxazole rings is 1. The molecule has 78 valence electrons. The number of aliphatic hydroxyl groups excluding tert-OH is 1. The summed E-state index contributed by atoms with van der Waals surface area (Å²) < 4.78 is 19.1. The molecular formula is C10H7BrFNO2. The van der Waals surface area contributed by atoms with Crippen molar-refractivity contribution in [2.45, 2.75) is 6.61 Å². The molecule has 0 aliphatic carbocycles. The number of nitrogens with zero attached hydrogens (tertiary/aromatic N) is 1. The highest BCUT2D eigenvalue weighted by molar-refractivity contribution is 9.10. The lowest BCUT2D eigenvalue weighted by molar-refractivity contribution is 0.276. The molecule has 2 aromatic rings. The standard InChI is InChI=1S/C10H7BrFNO2/c11-6-1-2-8(9(12)3-6)10-13-7(4-14)5-15-10/h1-3,5,14H,4H2. The molecule has 0 fully saturated rings. The normalized spacial score (nSPS) is 10.6. The fourth-order valence-corrected chi connectivity index (χ4v) is 1.50. The van der Waals surface area contributed by atoms with Gasteiger partial charge in [-0.1, -0.05) is 15.9 Å². The summed E-state index contributed by atoms with van der Waals surface area (Å²) in [5, 5.41) is 8.79. The Morgan fingerprint density at radius 2 is 2.27 bits per heavy atom. The van der Waals surface area contributed by atoms with Crippen molar-refractivity contribution < 1.29 is 13.9 Å². The van der Waals surface area contributed by atoms with Crippen LogP contribution in [-0.4, -0.2) is 10.1 Å². The van der Waals surface area contributed by atoms with E-state index in [2.05, 4.69) is 20.9 Å². The van der Waals surface area contributed by atoms with Crippen LogP contribution in [0.5, 0.6) is 0 Å². The second-order valence-electron chi connectivity index (χ2n) is 2.93. The van der Waals surface area contributed by atoms with E-state index in [1.54, 1.807) is 12.1 Å². The fourth-order valence-electron chi connectivity index (χ4n) is 1.17. The van der Waals surface area contributed by atoms with Crippen LogP contribution >= 0.6 is 15.9 Å². The molecule has 0 saturated heterocycles. The molecule has 1 aromatic heterocycles. The summed E-state index contributed by atoms with van der Waals surface area (Å²) in [5.74, 6) is -0.250. The van der Waals surface area contributed by atoms with Crippen LogP contribution < -0.4 is 0 Å². The van der Waals surface area contributed by atoms with Gasteiger partial charge in [0.1, 0.15) is 17.8 Å². The van der Waals surface area contributed by atoms with Gasteiger partial charge in [-0.2, -0.15) is 0 Å². The van der Waals surface area contributed by atoms with E-state index in [1.165, 1.54) is 12.3 Å². The number of halogens is 2. The Bertz CT molecular complexity index is 484. The van der Waals surface area contributed by atoms with Crippen molar-refractivity contribution in [1.29, 1.82) is 0 Å². The zero-order valence-electron chi connectivity index (χ0n) is 7.58. The molecule has 3 nitrogen and oxygen atoms in total. The Hall–Kier alpha value is -1.20. The smallest absolute Gasteiger partial charge is 0.229 e. The molecule has 15 heavy (non-hydrogen) atoms. The van der Waals surface area contributed by atoms with Gasteiger partial charge in [-0.05, 0) is 18.2 Å². The minimum Gasteiger partial charge on any atom is -0.444 e. The van der Waals surface area contributed by atoms with Crippen molar-refractivity contribution in [2.24, 2.45) is 0 Å².